The van der Waals surface area contributed by atoms with Crippen molar-refractivity contribution in [1.29, 1.82) is 0 Å². The number of nitrogens with zero attached hydrogens (tertiary/aromatic N) is 2. The molecule has 0 aromatic carbocycles. The molecule has 0 bridgehead atoms. The summed E-state index contributed by atoms with van der Waals surface area (Å²) in [5.74, 6) is 1.09. The number of pyridine rings is 1. The van der Waals surface area contributed by atoms with Crippen molar-refractivity contribution in [3.05, 3.63) is 41.4 Å². The molecule has 3 aromatic rings. The van der Waals surface area contributed by atoms with Crippen LogP contribution < -0.4 is 5.32 Å². The Kier molecular flexibility index (Phi) is 4.20. The van der Waals surface area contributed by atoms with E-state index in [1.807, 2.05) is 6.07 Å². The molecule has 0 aliphatic heterocycles. The highest BCUT2D eigenvalue weighted by atomic mass is 32.1. The minimum Gasteiger partial charge on any atom is -0.364 e. The van der Waals surface area contributed by atoms with E-state index >= 15 is 0 Å². The van der Waals surface area contributed by atoms with Crippen LogP contribution in [0, 0.1) is 12.3 Å². The zero-order chi connectivity index (χ0) is 17.5. The smallest absolute Gasteiger partial charge is 0.140 e. The molecule has 3 aromatic heterocycles. The minimum atomic E-state index is -0.0238. The predicted octanol–water partition coefficient (Wildman–Crippen LogP) is 6.00. The number of hydrogen-bond donors (Lipinski definition) is 1. The van der Waals surface area contributed by atoms with Crippen molar-refractivity contribution < 1.29 is 0 Å². The molecule has 4 heteroatoms. The number of hydrogen-bond acceptors (Lipinski definition) is 3. The first-order chi connectivity index (χ1) is 11.2. The van der Waals surface area contributed by atoms with Gasteiger partial charge in [-0.3, -0.25) is 4.40 Å². The van der Waals surface area contributed by atoms with Crippen molar-refractivity contribution in [3.63, 3.8) is 0 Å². The van der Waals surface area contributed by atoms with Crippen molar-refractivity contribution in [3.8, 4) is 10.6 Å². The van der Waals surface area contributed by atoms with Gasteiger partial charge < -0.3 is 5.32 Å². The molecule has 3 nitrogen and oxygen atoms in total. The van der Waals surface area contributed by atoms with E-state index in [9.17, 15) is 0 Å². The van der Waals surface area contributed by atoms with Gasteiger partial charge in [0, 0.05) is 11.7 Å². The number of nitrogens with one attached hydrogen (secondary N) is 1. The number of aryl methyl sites for hydroxylation is 1. The van der Waals surface area contributed by atoms with Gasteiger partial charge in [0.15, 0.2) is 0 Å². The molecule has 1 N–H and O–H groups in total. The zero-order valence-electron chi connectivity index (χ0n) is 15.5. The average Bonchev–Trinajstić information content (AvgIpc) is 3.00. The van der Waals surface area contributed by atoms with Gasteiger partial charge >= 0.3 is 0 Å². The molecule has 0 saturated carbocycles. The minimum absolute atomic E-state index is 0.0238. The fraction of sp³-hybridized carbons (Fsp3) is 0.450. The Morgan fingerprint density at radius 2 is 1.88 bits per heavy atom. The first-order valence-corrected chi connectivity index (χ1v) is 9.34. The SMILES string of the molecule is Cc1ccsc1-c1nc2ccccn2c1NC(C)(C)CC(C)(C)C. The maximum Gasteiger partial charge on any atom is 0.140 e. The second kappa shape index (κ2) is 5.92. The standard InChI is InChI=1S/C20H27N3S/c1-14-10-12-24-17(14)16-18(22-20(5,6)13-19(2,3)4)23-11-8-7-9-15(23)21-16/h7-12,22H,13H2,1-6H3. The van der Waals surface area contributed by atoms with E-state index in [0.29, 0.717) is 0 Å². The fourth-order valence-electron chi connectivity index (χ4n) is 3.58. The van der Waals surface area contributed by atoms with Crippen molar-refractivity contribution in [2.45, 2.75) is 53.5 Å². The van der Waals surface area contributed by atoms with E-state index in [0.717, 1.165) is 23.6 Å². The van der Waals surface area contributed by atoms with Gasteiger partial charge in [-0.05, 0) is 61.7 Å². The van der Waals surface area contributed by atoms with Crippen LogP contribution in [0.3, 0.4) is 0 Å². The first-order valence-electron chi connectivity index (χ1n) is 8.46. The molecule has 3 rings (SSSR count). The largest absolute Gasteiger partial charge is 0.364 e. The van der Waals surface area contributed by atoms with Crippen LogP contribution in [0.5, 0.6) is 0 Å². The van der Waals surface area contributed by atoms with E-state index in [1.54, 1.807) is 11.3 Å². The molecule has 3 heterocycles. The molecule has 24 heavy (non-hydrogen) atoms. The molecule has 0 radical (unpaired) electrons. The summed E-state index contributed by atoms with van der Waals surface area (Å²) < 4.78 is 2.17. The Morgan fingerprint density at radius 3 is 2.50 bits per heavy atom. The summed E-state index contributed by atoms with van der Waals surface area (Å²) in [6.07, 6.45) is 3.16. The summed E-state index contributed by atoms with van der Waals surface area (Å²) in [6.45, 7) is 13.6. The van der Waals surface area contributed by atoms with Crippen molar-refractivity contribution in [2.24, 2.45) is 5.41 Å². The second-order valence-electron chi connectivity index (χ2n) is 8.42. The first kappa shape index (κ1) is 17.0. The second-order valence-corrected chi connectivity index (χ2v) is 9.33. The number of imidazole rings is 1. The van der Waals surface area contributed by atoms with Crippen LogP contribution in [0.1, 0.15) is 46.6 Å². The van der Waals surface area contributed by atoms with Gasteiger partial charge in [0.25, 0.3) is 0 Å². The van der Waals surface area contributed by atoms with Gasteiger partial charge in [-0.2, -0.15) is 0 Å². The van der Waals surface area contributed by atoms with Crippen molar-refractivity contribution in [2.75, 3.05) is 5.32 Å². The summed E-state index contributed by atoms with van der Waals surface area (Å²) in [5, 5.41) is 5.93. The third-order valence-electron chi connectivity index (χ3n) is 4.04. The molecule has 0 atom stereocenters. The third kappa shape index (κ3) is 3.48. The van der Waals surface area contributed by atoms with Crippen molar-refractivity contribution in [1.82, 2.24) is 9.38 Å². The highest BCUT2D eigenvalue weighted by Crippen LogP contribution is 2.37. The van der Waals surface area contributed by atoms with Crippen LogP contribution in [-0.4, -0.2) is 14.9 Å². The van der Waals surface area contributed by atoms with E-state index in [2.05, 4.69) is 81.0 Å². The van der Waals surface area contributed by atoms with Gasteiger partial charge in [-0.1, -0.05) is 26.8 Å². The highest BCUT2D eigenvalue weighted by Gasteiger charge is 2.28. The summed E-state index contributed by atoms with van der Waals surface area (Å²) in [5.41, 5.74) is 3.55. The summed E-state index contributed by atoms with van der Waals surface area (Å²) in [7, 11) is 0. The number of thiophene rings is 1. The van der Waals surface area contributed by atoms with E-state index in [-0.39, 0.29) is 11.0 Å². The molecular weight excluding hydrogens is 314 g/mol. The molecule has 0 aliphatic carbocycles. The van der Waals surface area contributed by atoms with Crippen LogP contribution >= 0.6 is 11.3 Å². The lowest BCUT2D eigenvalue weighted by Crippen LogP contribution is -2.36. The number of fused-ring (bicyclic) bond motifs is 1. The topological polar surface area (TPSA) is 29.3 Å². The Bertz CT molecular complexity index is 849. The van der Waals surface area contributed by atoms with Crippen molar-refractivity contribution >= 4 is 22.8 Å². The fourth-order valence-corrected chi connectivity index (χ4v) is 4.50. The zero-order valence-corrected chi connectivity index (χ0v) is 16.3. The highest BCUT2D eigenvalue weighted by molar-refractivity contribution is 7.13. The maximum atomic E-state index is 4.91. The van der Waals surface area contributed by atoms with E-state index in [1.165, 1.54) is 10.4 Å². The predicted molar refractivity (Wildman–Crippen MR) is 105 cm³/mol. The third-order valence-corrected chi connectivity index (χ3v) is 5.06. The molecule has 0 aliphatic rings. The summed E-state index contributed by atoms with van der Waals surface area (Å²) in [6, 6.07) is 8.32. The van der Waals surface area contributed by atoms with Gasteiger partial charge in [0.2, 0.25) is 0 Å². The maximum absolute atomic E-state index is 4.91. The Labute approximate surface area is 148 Å². The normalized spacial score (nSPS) is 12.8. The molecule has 0 saturated heterocycles. The van der Waals surface area contributed by atoms with Gasteiger partial charge in [-0.15, -0.1) is 11.3 Å². The lowest BCUT2D eigenvalue weighted by atomic mass is 9.82. The number of anilines is 1. The monoisotopic (exact) mass is 341 g/mol. The van der Waals surface area contributed by atoms with Gasteiger partial charge in [-0.25, -0.2) is 4.98 Å². The van der Waals surface area contributed by atoms with Crippen LogP contribution in [0.15, 0.2) is 35.8 Å². The quantitative estimate of drug-likeness (QED) is 0.631. The molecule has 128 valence electrons. The van der Waals surface area contributed by atoms with Gasteiger partial charge in [0.05, 0.1) is 4.88 Å². The van der Waals surface area contributed by atoms with Crippen LogP contribution in [-0.2, 0) is 0 Å². The Balaban J connectivity index is 2.10. The number of aromatic nitrogens is 2. The lowest BCUT2D eigenvalue weighted by molar-refractivity contribution is 0.302. The molecule has 0 unspecified atom stereocenters. The van der Waals surface area contributed by atoms with Gasteiger partial charge in [0.1, 0.15) is 17.2 Å². The summed E-state index contributed by atoms with van der Waals surface area (Å²) in [4.78, 5) is 6.15. The molecule has 0 spiro atoms. The van der Waals surface area contributed by atoms with Crippen LogP contribution in [0.2, 0.25) is 0 Å². The van der Waals surface area contributed by atoms with E-state index < -0.39 is 0 Å². The lowest BCUT2D eigenvalue weighted by Gasteiger charge is -2.34. The molecule has 0 amide bonds. The molecule has 0 fully saturated rings. The summed E-state index contributed by atoms with van der Waals surface area (Å²) >= 11 is 1.76. The average molecular weight is 342 g/mol. The Morgan fingerprint density at radius 1 is 1.12 bits per heavy atom. The Hall–Kier alpha value is -1.81. The molecular formula is C20H27N3S. The van der Waals surface area contributed by atoms with Crippen LogP contribution in [0.25, 0.3) is 16.2 Å². The number of rotatable bonds is 4. The van der Waals surface area contributed by atoms with E-state index in [4.69, 9.17) is 4.98 Å². The van der Waals surface area contributed by atoms with Crippen LogP contribution in [0.4, 0.5) is 5.82 Å².